The summed E-state index contributed by atoms with van der Waals surface area (Å²) in [7, 11) is 1.40. The largest absolute Gasteiger partial charge is 0.504 e. The van der Waals surface area contributed by atoms with Crippen molar-refractivity contribution in [2.24, 2.45) is 5.73 Å². The van der Waals surface area contributed by atoms with Gasteiger partial charge in [-0.05, 0) is 28.8 Å². The summed E-state index contributed by atoms with van der Waals surface area (Å²) >= 11 is 3.16. The van der Waals surface area contributed by atoms with E-state index in [2.05, 4.69) is 15.9 Å². The van der Waals surface area contributed by atoms with Gasteiger partial charge in [-0.3, -0.25) is 0 Å². The lowest BCUT2D eigenvalue weighted by atomic mass is 9.94. The monoisotopic (exact) mass is 289 g/mol. The van der Waals surface area contributed by atoms with E-state index in [0.29, 0.717) is 12.1 Å². The number of phenols is 1. The molecule has 0 bridgehead atoms. The molecular weight excluding hydrogens is 277 g/mol. The molecule has 3 nitrogen and oxygen atoms in total. The van der Waals surface area contributed by atoms with E-state index in [4.69, 9.17) is 10.5 Å². The van der Waals surface area contributed by atoms with Crippen LogP contribution in [0.4, 0.5) is 4.39 Å². The zero-order valence-electron chi connectivity index (χ0n) is 8.89. The molecule has 1 aromatic rings. The quantitative estimate of drug-likeness (QED) is 0.898. The molecule has 0 aromatic heterocycles. The van der Waals surface area contributed by atoms with Gasteiger partial charge >= 0.3 is 0 Å². The first kappa shape index (κ1) is 11.7. The Morgan fingerprint density at radius 3 is 2.69 bits per heavy atom. The predicted octanol–water partition coefficient (Wildman–Crippen LogP) is 2.29. The average molecular weight is 290 g/mol. The van der Waals surface area contributed by atoms with Crippen molar-refractivity contribution in [1.82, 2.24) is 0 Å². The average Bonchev–Trinajstić information content (AvgIpc) is 3.05. The highest BCUT2D eigenvalue weighted by Gasteiger charge is 2.47. The summed E-state index contributed by atoms with van der Waals surface area (Å²) in [6.45, 7) is 0.395. The van der Waals surface area contributed by atoms with Crippen LogP contribution in [0, 0.1) is 5.82 Å². The third-order valence-corrected chi connectivity index (χ3v) is 3.93. The Labute approximate surface area is 102 Å². The normalized spacial score (nSPS) is 17.2. The zero-order chi connectivity index (χ0) is 11.9. The van der Waals surface area contributed by atoms with Gasteiger partial charge in [-0.25, -0.2) is 4.39 Å². The SMILES string of the molecule is COc1cc(F)c(Br)c(C2(CN)CC2)c1O. The van der Waals surface area contributed by atoms with Crippen LogP contribution in [0.25, 0.3) is 0 Å². The fourth-order valence-corrected chi connectivity index (χ4v) is 2.66. The van der Waals surface area contributed by atoms with Crippen LogP contribution in [0.1, 0.15) is 18.4 Å². The molecule has 0 radical (unpaired) electrons. The first-order valence-electron chi connectivity index (χ1n) is 5.01. The predicted molar refractivity (Wildman–Crippen MR) is 62.3 cm³/mol. The second-order valence-corrected chi connectivity index (χ2v) is 4.88. The fourth-order valence-electron chi connectivity index (χ4n) is 1.94. The highest BCUT2D eigenvalue weighted by molar-refractivity contribution is 9.10. The van der Waals surface area contributed by atoms with Gasteiger partial charge < -0.3 is 15.6 Å². The Bertz CT molecular complexity index is 432. The lowest BCUT2D eigenvalue weighted by molar-refractivity contribution is 0.363. The number of nitrogens with two attached hydrogens (primary N) is 1. The maximum atomic E-state index is 13.6. The van der Waals surface area contributed by atoms with Crippen molar-refractivity contribution in [1.29, 1.82) is 0 Å². The molecule has 1 aliphatic rings. The van der Waals surface area contributed by atoms with Gasteiger partial charge in [0, 0.05) is 23.6 Å². The lowest BCUT2D eigenvalue weighted by Gasteiger charge is -2.19. The Morgan fingerprint density at radius 2 is 2.25 bits per heavy atom. The van der Waals surface area contributed by atoms with Gasteiger partial charge in [0.05, 0.1) is 11.6 Å². The Morgan fingerprint density at radius 1 is 1.62 bits per heavy atom. The van der Waals surface area contributed by atoms with Gasteiger partial charge in [0.2, 0.25) is 0 Å². The van der Waals surface area contributed by atoms with E-state index in [1.807, 2.05) is 0 Å². The van der Waals surface area contributed by atoms with Gasteiger partial charge in [-0.1, -0.05) is 0 Å². The van der Waals surface area contributed by atoms with Crippen LogP contribution in [0.2, 0.25) is 0 Å². The highest BCUT2D eigenvalue weighted by atomic mass is 79.9. The van der Waals surface area contributed by atoms with Crippen LogP contribution < -0.4 is 10.5 Å². The summed E-state index contributed by atoms with van der Waals surface area (Å²) in [4.78, 5) is 0. The van der Waals surface area contributed by atoms with Gasteiger partial charge in [-0.15, -0.1) is 0 Å². The molecule has 16 heavy (non-hydrogen) atoms. The number of methoxy groups -OCH3 is 1. The number of aromatic hydroxyl groups is 1. The first-order chi connectivity index (χ1) is 7.55. The Hall–Kier alpha value is -0.810. The minimum absolute atomic E-state index is 0.0151. The number of rotatable bonds is 3. The molecule has 1 aromatic carbocycles. The second kappa shape index (κ2) is 3.89. The molecule has 1 aliphatic carbocycles. The van der Waals surface area contributed by atoms with Crippen LogP contribution in [0.3, 0.4) is 0 Å². The van der Waals surface area contributed by atoms with Crippen molar-refractivity contribution in [2.75, 3.05) is 13.7 Å². The minimum Gasteiger partial charge on any atom is -0.504 e. The van der Waals surface area contributed by atoms with Crippen molar-refractivity contribution >= 4 is 15.9 Å². The van der Waals surface area contributed by atoms with E-state index < -0.39 is 5.82 Å². The molecule has 1 fully saturated rings. The summed E-state index contributed by atoms with van der Waals surface area (Å²) in [5.41, 5.74) is 5.93. The Balaban J connectivity index is 2.63. The van der Waals surface area contributed by atoms with E-state index in [-0.39, 0.29) is 21.4 Å². The molecule has 88 valence electrons. The molecule has 1 saturated carbocycles. The molecule has 0 aliphatic heterocycles. The number of ether oxygens (including phenoxy) is 1. The Kier molecular flexibility index (Phi) is 2.84. The first-order valence-corrected chi connectivity index (χ1v) is 5.80. The standard InChI is InChI=1S/C11H13BrFNO2/c1-16-7-4-6(13)9(12)8(10(7)15)11(5-14)2-3-11/h4,15H,2-3,5,14H2,1H3. The van der Waals surface area contributed by atoms with E-state index in [1.54, 1.807) is 0 Å². The van der Waals surface area contributed by atoms with Gasteiger partial charge in [0.25, 0.3) is 0 Å². The molecule has 0 heterocycles. The topological polar surface area (TPSA) is 55.5 Å². The summed E-state index contributed by atoms with van der Waals surface area (Å²) in [6.07, 6.45) is 1.73. The fraction of sp³-hybridized carbons (Fsp3) is 0.455. The van der Waals surface area contributed by atoms with Crippen LogP contribution >= 0.6 is 15.9 Å². The van der Waals surface area contributed by atoms with Crippen molar-refractivity contribution in [3.05, 3.63) is 21.9 Å². The third-order valence-electron chi connectivity index (χ3n) is 3.15. The van der Waals surface area contributed by atoms with Crippen LogP contribution in [-0.4, -0.2) is 18.8 Å². The molecule has 3 N–H and O–H groups in total. The maximum absolute atomic E-state index is 13.6. The second-order valence-electron chi connectivity index (χ2n) is 4.08. The minimum atomic E-state index is -0.440. The molecular formula is C11H13BrFNO2. The third kappa shape index (κ3) is 1.58. The molecule has 2 rings (SSSR count). The van der Waals surface area contributed by atoms with Crippen LogP contribution in [-0.2, 0) is 5.41 Å². The van der Waals surface area contributed by atoms with Crippen molar-refractivity contribution < 1.29 is 14.2 Å². The lowest BCUT2D eigenvalue weighted by Crippen LogP contribution is -2.21. The molecule has 0 amide bonds. The van der Waals surface area contributed by atoms with Crippen LogP contribution in [0.15, 0.2) is 10.5 Å². The van der Waals surface area contributed by atoms with E-state index in [1.165, 1.54) is 7.11 Å². The number of halogens is 2. The summed E-state index contributed by atoms with van der Waals surface area (Å²) in [5.74, 6) is -0.307. The number of hydrogen-bond donors (Lipinski definition) is 2. The zero-order valence-corrected chi connectivity index (χ0v) is 10.5. The molecule has 0 saturated heterocycles. The number of hydrogen-bond acceptors (Lipinski definition) is 3. The van der Waals surface area contributed by atoms with Crippen LogP contribution in [0.5, 0.6) is 11.5 Å². The van der Waals surface area contributed by atoms with Gasteiger partial charge in [0.15, 0.2) is 11.5 Å². The van der Waals surface area contributed by atoms with Gasteiger partial charge in [-0.2, -0.15) is 0 Å². The van der Waals surface area contributed by atoms with Gasteiger partial charge in [0.1, 0.15) is 5.82 Å². The van der Waals surface area contributed by atoms with E-state index in [9.17, 15) is 9.50 Å². The maximum Gasteiger partial charge on any atom is 0.163 e. The molecule has 0 unspecified atom stereocenters. The van der Waals surface area contributed by atoms with Crippen molar-refractivity contribution in [2.45, 2.75) is 18.3 Å². The summed E-state index contributed by atoms with van der Waals surface area (Å²) in [5, 5.41) is 10.0. The smallest absolute Gasteiger partial charge is 0.163 e. The number of benzene rings is 1. The van der Waals surface area contributed by atoms with Crippen molar-refractivity contribution in [3.63, 3.8) is 0 Å². The van der Waals surface area contributed by atoms with E-state index in [0.717, 1.165) is 18.9 Å². The highest BCUT2D eigenvalue weighted by Crippen LogP contribution is 2.55. The molecule has 5 heteroatoms. The summed E-state index contributed by atoms with van der Waals surface area (Å²) in [6, 6.07) is 1.16. The molecule has 0 spiro atoms. The number of phenolic OH excluding ortho intramolecular Hbond substituents is 1. The molecule has 0 atom stereocenters. The van der Waals surface area contributed by atoms with E-state index >= 15 is 0 Å². The summed E-state index contributed by atoms with van der Waals surface area (Å²) < 4.78 is 18.8. The van der Waals surface area contributed by atoms with Crippen molar-refractivity contribution in [3.8, 4) is 11.5 Å².